The third-order valence-corrected chi connectivity index (χ3v) is 7.73. The van der Waals surface area contributed by atoms with Crippen LogP contribution in [0.25, 0.3) is 0 Å². The number of nitrogens with two attached hydrogens (primary N) is 1. The minimum Gasteiger partial charge on any atom is -0.345 e. The van der Waals surface area contributed by atoms with Crippen molar-refractivity contribution in [1.82, 2.24) is 9.62 Å². The van der Waals surface area contributed by atoms with E-state index in [9.17, 15) is 13.2 Å². The van der Waals surface area contributed by atoms with Gasteiger partial charge in [0, 0.05) is 25.2 Å². The van der Waals surface area contributed by atoms with Crippen molar-refractivity contribution in [2.75, 3.05) is 19.6 Å². The summed E-state index contributed by atoms with van der Waals surface area (Å²) in [5, 5.41) is 3.03. The van der Waals surface area contributed by atoms with Crippen LogP contribution in [0.15, 0.2) is 23.1 Å². The third kappa shape index (κ3) is 4.65. The van der Waals surface area contributed by atoms with Gasteiger partial charge in [0.15, 0.2) is 0 Å². The molecule has 1 saturated heterocycles. The molecule has 1 aliphatic heterocycles. The number of carbonyl (C=O) groups is 1. The Morgan fingerprint density at radius 2 is 1.89 bits per heavy atom. The number of nitrogens with one attached hydrogen (secondary N) is 1. The summed E-state index contributed by atoms with van der Waals surface area (Å²) in [4.78, 5) is 13.0. The van der Waals surface area contributed by atoms with E-state index in [-0.39, 0.29) is 23.2 Å². The molecular weight excluding hydrogens is 386 g/mol. The van der Waals surface area contributed by atoms with Gasteiger partial charge in [0.2, 0.25) is 10.0 Å². The van der Waals surface area contributed by atoms with E-state index in [1.54, 1.807) is 19.1 Å². The van der Waals surface area contributed by atoms with Gasteiger partial charge in [-0.3, -0.25) is 4.79 Å². The van der Waals surface area contributed by atoms with Crippen molar-refractivity contribution < 1.29 is 13.2 Å². The van der Waals surface area contributed by atoms with Crippen molar-refractivity contribution in [2.24, 2.45) is 11.7 Å². The highest BCUT2D eigenvalue weighted by Gasteiger charge is 2.41. The molecule has 3 rings (SSSR count). The van der Waals surface area contributed by atoms with E-state index in [0.29, 0.717) is 36.7 Å². The highest BCUT2D eigenvalue weighted by molar-refractivity contribution is 7.89. The quantitative estimate of drug-likeness (QED) is 0.746. The molecule has 27 heavy (non-hydrogen) atoms. The van der Waals surface area contributed by atoms with Crippen molar-refractivity contribution in [2.45, 2.75) is 56.4 Å². The van der Waals surface area contributed by atoms with Gasteiger partial charge >= 0.3 is 0 Å². The fourth-order valence-corrected chi connectivity index (χ4v) is 5.40. The molecule has 0 aromatic heterocycles. The number of hydrogen-bond donors (Lipinski definition) is 2. The van der Waals surface area contributed by atoms with Gasteiger partial charge in [-0.2, -0.15) is 4.31 Å². The van der Waals surface area contributed by atoms with E-state index >= 15 is 0 Å². The molecule has 152 valence electrons. The first-order valence-corrected chi connectivity index (χ1v) is 10.9. The zero-order valence-electron chi connectivity index (χ0n) is 16.0. The lowest BCUT2D eigenvalue weighted by atomic mass is 9.95. The van der Waals surface area contributed by atoms with Crippen LogP contribution in [0.5, 0.6) is 0 Å². The molecule has 1 aliphatic carbocycles. The molecule has 2 fully saturated rings. The maximum Gasteiger partial charge on any atom is 0.251 e. The normalized spacial score (nSPS) is 20.4. The van der Waals surface area contributed by atoms with Gasteiger partial charge in [0.25, 0.3) is 5.91 Å². The molecule has 1 aromatic rings. The van der Waals surface area contributed by atoms with E-state index in [2.05, 4.69) is 5.32 Å². The largest absolute Gasteiger partial charge is 0.345 e. The van der Waals surface area contributed by atoms with Crippen LogP contribution in [0, 0.1) is 12.8 Å². The summed E-state index contributed by atoms with van der Waals surface area (Å²) in [5.74, 6) is 0.137. The molecule has 1 atom stereocenters. The average molecular weight is 416 g/mol. The van der Waals surface area contributed by atoms with Crippen LogP contribution in [0.4, 0.5) is 0 Å². The highest BCUT2D eigenvalue weighted by atomic mass is 35.5. The molecule has 1 unspecified atom stereocenters. The Morgan fingerprint density at radius 3 is 2.44 bits per heavy atom. The standard InChI is InChI=1S/C19H29N3O3S.ClH/c1-14-6-7-15(18(23)21-19(2,13-20)16-8-9-16)12-17(14)26(24,25)22-10-4-3-5-11-22;/h6-7,12,16H,3-5,8-11,13,20H2,1-2H3,(H,21,23);1H. The Balaban J connectivity index is 0.00000261. The van der Waals surface area contributed by atoms with Gasteiger partial charge in [-0.1, -0.05) is 12.5 Å². The van der Waals surface area contributed by atoms with Crippen molar-refractivity contribution in [3.63, 3.8) is 0 Å². The van der Waals surface area contributed by atoms with Crippen LogP contribution in [0.2, 0.25) is 0 Å². The zero-order chi connectivity index (χ0) is 18.9. The van der Waals surface area contributed by atoms with Crippen LogP contribution in [-0.4, -0.2) is 43.8 Å². The molecule has 1 heterocycles. The number of carbonyl (C=O) groups excluding carboxylic acids is 1. The fourth-order valence-electron chi connectivity index (χ4n) is 3.64. The second-order valence-electron chi connectivity index (χ2n) is 7.80. The van der Waals surface area contributed by atoms with E-state index in [1.807, 2.05) is 6.92 Å². The molecule has 6 nitrogen and oxygen atoms in total. The van der Waals surface area contributed by atoms with Gasteiger partial charge in [-0.15, -0.1) is 12.4 Å². The van der Waals surface area contributed by atoms with Crippen LogP contribution in [-0.2, 0) is 10.0 Å². The van der Waals surface area contributed by atoms with Gasteiger partial charge in [-0.25, -0.2) is 8.42 Å². The maximum absolute atomic E-state index is 13.0. The molecule has 8 heteroatoms. The summed E-state index contributed by atoms with van der Waals surface area (Å²) in [6, 6.07) is 4.91. The Bertz CT molecular complexity index is 789. The number of rotatable bonds is 6. The SMILES string of the molecule is Cc1ccc(C(=O)NC(C)(CN)C2CC2)cc1S(=O)(=O)N1CCCCC1.Cl. The van der Waals surface area contributed by atoms with Gasteiger partial charge in [0.1, 0.15) is 0 Å². The first-order valence-electron chi connectivity index (χ1n) is 9.41. The number of aryl methyl sites for hydroxylation is 1. The number of piperidine rings is 1. The van der Waals surface area contributed by atoms with Crippen LogP contribution in [0.1, 0.15) is 54.9 Å². The van der Waals surface area contributed by atoms with Crippen LogP contribution >= 0.6 is 12.4 Å². The van der Waals surface area contributed by atoms with Gasteiger partial charge in [0.05, 0.1) is 10.4 Å². The minimum atomic E-state index is -3.57. The summed E-state index contributed by atoms with van der Waals surface area (Å²) in [7, 11) is -3.57. The first kappa shape index (κ1) is 22.1. The lowest BCUT2D eigenvalue weighted by Crippen LogP contribution is -2.53. The molecule has 0 spiro atoms. The Labute approximate surface area is 168 Å². The zero-order valence-corrected chi connectivity index (χ0v) is 17.7. The molecule has 0 bridgehead atoms. The monoisotopic (exact) mass is 415 g/mol. The van der Waals surface area contributed by atoms with Crippen molar-refractivity contribution in [1.29, 1.82) is 0 Å². The summed E-state index contributed by atoms with van der Waals surface area (Å²) in [6.45, 7) is 5.19. The molecule has 3 N–H and O–H groups in total. The lowest BCUT2D eigenvalue weighted by Gasteiger charge is -2.30. The second-order valence-corrected chi connectivity index (χ2v) is 9.70. The Hall–Kier alpha value is -1.15. The second kappa shape index (κ2) is 8.47. The summed E-state index contributed by atoms with van der Waals surface area (Å²) in [5.41, 5.74) is 6.47. The fraction of sp³-hybridized carbons (Fsp3) is 0.632. The number of sulfonamides is 1. The van der Waals surface area contributed by atoms with E-state index in [4.69, 9.17) is 5.73 Å². The molecule has 1 amide bonds. The number of amides is 1. The van der Waals surface area contributed by atoms with E-state index in [0.717, 1.165) is 32.1 Å². The number of halogens is 1. The van der Waals surface area contributed by atoms with Crippen molar-refractivity contribution in [3.8, 4) is 0 Å². The smallest absolute Gasteiger partial charge is 0.251 e. The van der Waals surface area contributed by atoms with Crippen LogP contribution < -0.4 is 11.1 Å². The minimum absolute atomic E-state index is 0. The van der Waals surface area contributed by atoms with Gasteiger partial charge < -0.3 is 11.1 Å². The highest BCUT2D eigenvalue weighted by Crippen LogP contribution is 2.39. The number of nitrogens with zero attached hydrogens (tertiary/aromatic N) is 1. The molecule has 1 saturated carbocycles. The molecule has 2 aliphatic rings. The molecule has 1 aromatic carbocycles. The summed E-state index contributed by atoms with van der Waals surface area (Å²) >= 11 is 0. The number of hydrogen-bond acceptors (Lipinski definition) is 4. The molecular formula is C19H30ClN3O3S. The summed E-state index contributed by atoms with van der Waals surface area (Å²) < 4.78 is 27.6. The predicted octanol–water partition coefficient (Wildman–Crippen LogP) is 2.45. The van der Waals surface area contributed by atoms with Crippen molar-refractivity contribution >= 4 is 28.3 Å². The van der Waals surface area contributed by atoms with Crippen molar-refractivity contribution in [3.05, 3.63) is 29.3 Å². The van der Waals surface area contributed by atoms with Crippen LogP contribution in [0.3, 0.4) is 0 Å². The third-order valence-electron chi connectivity index (χ3n) is 5.68. The van der Waals surface area contributed by atoms with E-state index in [1.165, 1.54) is 10.4 Å². The first-order chi connectivity index (χ1) is 12.3. The molecule has 0 radical (unpaired) electrons. The van der Waals surface area contributed by atoms with Gasteiger partial charge in [-0.05, 0) is 63.1 Å². The topological polar surface area (TPSA) is 92.5 Å². The van der Waals surface area contributed by atoms with E-state index < -0.39 is 15.6 Å². The average Bonchev–Trinajstić information content (AvgIpc) is 3.48. The predicted molar refractivity (Wildman–Crippen MR) is 109 cm³/mol. The summed E-state index contributed by atoms with van der Waals surface area (Å²) in [6.07, 6.45) is 4.96. The Morgan fingerprint density at radius 1 is 1.26 bits per heavy atom. The number of benzene rings is 1. The lowest BCUT2D eigenvalue weighted by molar-refractivity contribution is 0.0897. The Kier molecular flexibility index (Phi) is 6.95. The maximum atomic E-state index is 13.0.